The second-order valence-corrected chi connectivity index (χ2v) is 6.11. The molecule has 6 heteroatoms. The summed E-state index contributed by atoms with van der Waals surface area (Å²) >= 11 is 6.08. The third kappa shape index (κ3) is 3.77. The average molecular weight is 360 g/mol. The number of halogens is 1. The summed E-state index contributed by atoms with van der Waals surface area (Å²) in [6.07, 6.45) is -0.584. The molecule has 5 nitrogen and oxygen atoms in total. The van der Waals surface area contributed by atoms with Gasteiger partial charge in [-0.2, -0.15) is 0 Å². The fourth-order valence-corrected chi connectivity index (χ4v) is 3.11. The lowest BCUT2D eigenvalue weighted by molar-refractivity contribution is 0.0770. The smallest absolute Gasteiger partial charge is 0.407 e. The van der Waals surface area contributed by atoms with Gasteiger partial charge in [-0.1, -0.05) is 35.9 Å². The Morgan fingerprint density at radius 3 is 2.88 bits per heavy atom. The molecule has 0 aliphatic carbocycles. The summed E-state index contributed by atoms with van der Waals surface area (Å²) in [7, 11) is 0. The van der Waals surface area contributed by atoms with Gasteiger partial charge in [0.05, 0.1) is 24.1 Å². The number of Topliss-reactive ketones (excluding diaryl/α,β-unsaturated/α-hetero) is 1. The number of fused-ring (bicyclic) bond motifs is 1. The van der Waals surface area contributed by atoms with E-state index in [1.54, 1.807) is 43.3 Å². The van der Waals surface area contributed by atoms with Crippen molar-refractivity contribution in [1.29, 1.82) is 0 Å². The van der Waals surface area contributed by atoms with Gasteiger partial charge in [0.25, 0.3) is 0 Å². The molecule has 0 unspecified atom stereocenters. The summed E-state index contributed by atoms with van der Waals surface area (Å²) in [6, 6.07) is 13.6. The van der Waals surface area contributed by atoms with Gasteiger partial charge in [-0.3, -0.25) is 4.79 Å². The lowest BCUT2D eigenvalue weighted by atomic mass is 9.85. The van der Waals surface area contributed by atoms with E-state index in [2.05, 4.69) is 5.32 Å². The minimum absolute atomic E-state index is 0.0800. The summed E-state index contributed by atoms with van der Waals surface area (Å²) < 4.78 is 10.7. The molecule has 3 rings (SSSR count). The van der Waals surface area contributed by atoms with Crippen molar-refractivity contribution in [1.82, 2.24) is 5.32 Å². The van der Waals surface area contributed by atoms with Crippen LogP contribution in [-0.2, 0) is 4.74 Å². The first-order chi connectivity index (χ1) is 12.1. The van der Waals surface area contributed by atoms with Gasteiger partial charge in [0.1, 0.15) is 12.4 Å². The second-order valence-electron chi connectivity index (χ2n) is 5.68. The fraction of sp³-hybridized carbons (Fsp3) is 0.263. The van der Waals surface area contributed by atoms with Crippen LogP contribution in [0.25, 0.3) is 0 Å². The average Bonchev–Trinajstić information content (AvgIpc) is 2.61. The van der Waals surface area contributed by atoms with Crippen LogP contribution < -0.4 is 10.1 Å². The van der Waals surface area contributed by atoms with E-state index in [-0.39, 0.29) is 19.0 Å². The summed E-state index contributed by atoms with van der Waals surface area (Å²) in [5.74, 6) is -0.0916. The number of ether oxygens (including phenoxy) is 2. The molecule has 1 N–H and O–H groups in total. The second kappa shape index (κ2) is 7.57. The molecular formula is C19H18ClNO4. The molecule has 0 radical (unpaired) electrons. The molecule has 0 saturated carbocycles. The summed E-state index contributed by atoms with van der Waals surface area (Å²) in [5.41, 5.74) is 1.23. The lowest BCUT2D eigenvalue weighted by Crippen LogP contribution is -2.41. The molecule has 2 aromatic rings. The van der Waals surface area contributed by atoms with Crippen molar-refractivity contribution in [2.24, 2.45) is 5.92 Å². The molecule has 0 bridgehead atoms. The van der Waals surface area contributed by atoms with Crippen molar-refractivity contribution in [2.75, 3.05) is 13.2 Å². The molecule has 1 amide bonds. The Bertz CT molecular complexity index is 792. The first-order valence-corrected chi connectivity index (χ1v) is 8.42. The van der Waals surface area contributed by atoms with Crippen molar-refractivity contribution in [3.05, 3.63) is 64.7 Å². The van der Waals surface area contributed by atoms with Crippen molar-refractivity contribution >= 4 is 23.5 Å². The van der Waals surface area contributed by atoms with Crippen LogP contribution in [0.2, 0.25) is 5.02 Å². The van der Waals surface area contributed by atoms with Gasteiger partial charge in [0, 0.05) is 5.02 Å². The number of amides is 1. The Morgan fingerprint density at radius 2 is 2.12 bits per heavy atom. The van der Waals surface area contributed by atoms with Gasteiger partial charge >= 0.3 is 6.09 Å². The molecule has 1 aliphatic heterocycles. The zero-order valence-electron chi connectivity index (χ0n) is 13.7. The van der Waals surface area contributed by atoms with E-state index < -0.39 is 18.1 Å². The Kier molecular flexibility index (Phi) is 5.24. The van der Waals surface area contributed by atoms with Crippen LogP contribution in [0.1, 0.15) is 28.9 Å². The number of carbonyl (C=O) groups is 2. The number of nitrogens with one attached hydrogen (secondary N) is 1. The molecule has 0 saturated heterocycles. The van der Waals surface area contributed by atoms with Gasteiger partial charge in [-0.25, -0.2) is 4.79 Å². The fourth-order valence-electron chi connectivity index (χ4n) is 2.91. The Hall–Kier alpha value is -2.53. The normalized spacial score (nSPS) is 17.2. The minimum atomic E-state index is -0.599. The number of para-hydroxylation sites is 1. The third-order valence-electron chi connectivity index (χ3n) is 4.07. The number of benzene rings is 2. The topological polar surface area (TPSA) is 64.6 Å². The van der Waals surface area contributed by atoms with Crippen LogP contribution in [0.5, 0.6) is 5.75 Å². The van der Waals surface area contributed by atoms with Crippen molar-refractivity contribution in [2.45, 2.75) is 13.0 Å². The summed E-state index contributed by atoms with van der Waals surface area (Å²) in [5, 5.41) is 3.30. The molecule has 0 spiro atoms. The zero-order valence-corrected chi connectivity index (χ0v) is 14.5. The molecular weight excluding hydrogens is 342 g/mol. The van der Waals surface area contributed by atoms with Crippen LogP contribution in [0.3, 0.4) is 0 Å². The molecule has 0 fully saturated rings. The van der Waals surface area contributed by atoms with Gasteiger partial charge in [0.2, 0.25) is 0 Å². The van der Waals surface area contributed by atoms with E-state index in [9.17, 15) is 9.59 Å². The monoisotopic (exact) mass is 359 g/mol. The quantitative estimate of drug-likeness (QED) is 0.895. The maximum atomic E-state index is 13.0. The number of alkyl carbamates (subject to hydrolysis) is 1. The van der Waals surface area contributed by atoms with Crippen LogP contribution in [0.15, 0.2) is 48.5 Å². The number of hydrogen-bond acceptors (Lipinski definition) is 4. The maximum absolute atomic E-state index is 13.0. The van der Waals surface area contributed by atoms with E-state index in [0.717, 1.165) is 5.56 Å². The van der Waals surface area contributed by atoms with Crippen LogP contribution in [0.4, 0.5) is 4.79 Å². The van der Waals surface area contributed by atoms with Crippen LogP contribution >= 0.6 is 11.6 Å². The molecule has 25 heavy (non-hydrogen) atoms. The Balaban J connectivity index is 1.94. The van der Waals surface area contributed by atoms with E-state index in [0.29, 0.717) is 16.3 Å². The van der Waals surface area contributed by atoms with E-state index in [1.807, 2.05) is 12.1 Å². The highest BCUT2D eigenvalue weighted by Crippen LogP contribution is 2.34. The highest BCUT2D eigenvalue weighted by Gasteiger charge is 2.37. The van der Waals surface area contributed by atoms with Crippen molar-refractivity contribution < 1.29 is 19.1 Å². The van der Waals surface area contributed by atoms with Crippen LogP contribution in [0, 0.1) is 5.92 Å². The van der Waals surface area contributed by atoms with E-state index in [1.165, 1.54) is 0 Å². The Labute approximate surface area is 150 Å². The number of carbonyl (C=O) groups excluding carboxylic acids is 2. The van der Waals surface area contributed by atoms with E-state index >= 15 is 0 Å². The molecule has 2 aromatic carbocycles. The predicted molar refractivity (Wildman–Crippen MR) is 94.1 cm³/mol. The van der Waals surface area contributed by atoms with Gasteiger partial charge in [-0.05, 0) is 36.8 Å². The molecule has 130 valence electrons. The number of hydrogen-bond donors (Lipinski definition) is 1. The molecule has 1 heterocycles. The van der Waals surface area contributed by atoms with E-state index in [4.69, 9.17) is 21.1 Å². The first-order valence-electron chi connectivity index (χ1n) is 8.05. The SMILES string of the molecule is CCOC(=O)N[C@H](c1cccc(Cl)c1)[C@H]1COc2ccccc2C1=O. The molecule has 1 aliphatic rings. The van der Waals surface area contributed by atoms with Gasteiger partial charge in [-0.15, -0.1) is 0 Å². The predicted octanol–water partition coefficient (Wildman–Crippen LogP) is 4.02. The highest BCUT2D eigenvalue weighted by molar-refractivity contribution is 6.30. The number of ketones is 1. The lowest BCUT2D eigenvalue weighted by Gasteiger charge is -2.31. The largest absolute Gasteiger partial charge is 0.492 e. The van der Waals surface area contributed by atoms with Crippen molar-refractivity contribution in [3.63, 3.8) is 0 Å². The maximum Gasteiger partial charge on any atom is 0.407 e. The zero-order chi connectivity index (χ0) is 17.8. The molecule has 0 aromatic heterocycles. The highest BCUT2D eigenvalue weighted by atomic mass is 35.5. The first kappa shape index (κ1) is 17.3. The van der Waals surface area contributed by atoms with Gasteiger partial charge < -0.3 is 14.8 Å². The van der Waals surface area contributed by atoms with Crippen molar-refractivity contribution in [3.8, 4) is 5.75 Å². The summed E-state index contributed by atoms with van der Waals surface area (Å²) in [4.78, 5) is 24.9. The number of rotatable bonds is 4. The van der Waals surface area contributed by atoms with Crippen LogP contribution in [-0.4, -0.2) is 25.1 Å². The molecule has 2 atom stereocenters. The minimum Gasteiger partial charge on any atom is -0.492 e. The third-order valence-corrected chi connectivity index (χ3v) is 4.30. The Morgan fingerprint density at radius 1 is 1.32 bits per heavy atom. The van der Waals surface area contributed by atoms with Gasteiger partial charge in [0.15, 0.2) is 5.78 Å². The summed E-state index contributed by atoms with van der Waals surface area (Å²) in [6.45, 7) is 2.13. The standard InChI is InChI=1S/C19H18ClNO4/c1-2-24-19(23)21-17(12-6-5-7-13(20)10-12)15-11-25-16-9-4-3-8-14(16)18(15)22/h3-10,15,17H,2,11H2,1H3,(H,21,23)/t15-,17-/m1/s1.